The molecule has 0 radical (unpaired) electrons. The Labute approximate surface area is 108 Å². The molecule has 1 amide bonds. The van der Waals surface area contributed by atoms with Gasteiger partial charge in [0.15, 0.2) is 0 Å². The molecule has 0 aromatic heterocycles. The van der Waals surface area contributed by atoms with Gasteiger partial charge in [0.05, 0.1) is 0 Å². The Morgan fingerprint density at radius 1 is 1.22 bits per heavy atom. The molecule has 0 spiro atoms. The molecule has 1 atom stereocenters. The van der Waals surface area contributed by atoms with Crippen molar-refractivity contribution in [2.45, 2.75) is 44.6 Å². The zero-order valence-corrected chi connectivity index (χ0v) is 10.7. The first-order valence-electron chi connectivity index (χ1n) is 6.88. The lowest BCUT2D eigenvalue weighted by Gasteiger charge is -2.16. The van der Waals surface area contributed by atoms with Gasteiger partial charge in [0.2, 0.25) is 5.91 Å². The molecular formula is C13H22N2O3. The van der Waals surface area contributed by atoms with Gasteiger partial charge in [-0.3, -0.25) is 9.59 Å². The maximum atomic E-state index is 11.9. The maximum Gasteiger partial charge on any atom is 0.303 e. The second kappa shape index (κ2) is 6.18. The third-order valence-corrected chi connectivity index (χ3v) is 3.75. The van der Waals surface area contributed by atoms with Crippen LogP contribution < -0.4 is 5.32 Å². The summed E-state index contributed by atoms with van der Waals surface area (Å²) in [5, 5.41) is 12.0. The van der Waals surface area contributed by atoms with E-state index >= 15 is 0 Å². The van der Waals surface area contributed by atoms with E-state index in [4.69, 9.17) is 5.11 Å². The second-order valence-electron chi connectivity index (χ2n) is 5.41. The summed E-state index contributed by atoms with van der Waals surface area (Å²) in [6.07, 6.45) is 4.93. The summed E-state index contributed by atoms with van der Waals surface area (Å²) in [6, 6.07) is 0.652. The topological polar surface area (TPSA) is 69.6 Å². The van der Waals surface area contributed by atoms with Gasteiger partial charge in [0.25, 0.3) is 0 Å². The number of carbonyl (C=O) groups excluding carboxylic acids is 1. The van der Waals surface area contributed by atoms with E-state index < -0.39 is 5.97 Å². The molecule has 1 unspecified atom stereocenters. The van der Waals surface area contributed by atoms with E-state index in [1.165, 1.54) is 12.8 Å². The summed E-state index contributed by atoms with van der Waals surface area (Å²) in [5.41, 5.74) is 0. The third kappa shape index (κ3) is 4.29. The molecule has 1 aliphatic carbocycles. The zero-order valence-electron chi connectivity index (χ0n) is 10.7. The number of likely N-dealkylation sites (tertiary alicyclic amines) is 1. The molecule has 2 fully saturated rings. The minimum atomic E-state index is -0.742. The Bertz CT molecular complexity index is 315. The van der Waals surface area contributed by atoms with Crippen molar-refractivity contribution < 1.29 is 14.7 Å². The van der Waals surface area contributed by atoms with Gasteiger partial charge < -0.3 is 15.3 Å². The molecule has 2 N–H and O–H groups in total. The molecule has 1 aliphatic heterocycles. The van der Waals surface area contributed by atoms with Crippen LogP contribution in [0.4, 0.5) is 0 Å². The summed E-state index contributed by atoms with van der Waals surface area (Å²) in [7, 11) is 0. The average Bonchev–Trinajstić information content (AvgIpc) is 3.03. The Hall–Kier alpha value is -1.10. The van der Waals surface area contributed by atoms with Crippen LogP contribution in [0.5, 0.6) is 0 Å². The normalized spacial score (nSPS) is 23.3. The van der Waals surface area contributed by atoms with E-state index in [0.717, 1.165) is 26.1 Å². The van der Waals surface area contributed by atoms with Gasteiger partial charge in [0, 0.05) is 38.5 Å². The predicted molar refractivity (Wildman–Crippen MR) is 67.2 cm³/mol. The van der Waals surface area contributed by atoms with Crippen molar-refractivity contribution in [3.05, 3.63) is 0 Å². The molecule has 18 heavy (non-hydrogen) atoms. The van der Waals surface area contributed by atoms with Crippen molar-refractivity contribution in [3.8, 4) is 0 Å². The molecule has 0 bridgehead atoms. The number of hydrogen-bond acceptors (Lipinski definition) is 3. The summed E-state index contributed by atoms with van der Waals surface area (Å²) >= 11 is 0. The molecule has 0 aromatic rings. The minimum absolute atomic E-state index is 0.209. The van der Waals surface area contributed by atoms with Crippen LogP contribution >= 0.6 is 0 Å². The van der Waals surface area contributed by atoms with Crippen molar-refractivity contribution in [1.29, 1.82) is 0 Å². The summed E-state index contributed by atoms with van der Waals surface area (Å²) in [5.74, 6) is -0.157. The van der Waals surface area contributed by atoms with E-state index in [1.807, 2.05) is 4.90 Å². The van der Waals surface area contributed by atoms with Gasteiger partial charge in [0.1, 0.15) is 0 Å². The van der Waals surface area contributed by atoms with Crippen LogP contribution in [0, 0.1) is 5.92 Å². The molecule has 0 aromatic carbocycles. The van der Waals surface area contributed by atoms with Gasteiger partial charge in [-0.05, 0) is 31.6 Å². The highest BCUT2D eigenvalue weighted by molar-refractivity contribution is 5.76. The molecule has 1 saturated heterocycles. The van der Waals surface area contributed by atoms with Crippen molar-refractivity contribution >= 4 is 11.9 Å². The van der Waals surface area contributed by atoms with Crippen LogP contribution in [0.1, 0.15) is 38.5 Å². The molecule has 1 saturated carbocycles. The number of nitrogens with zero attached hydrogens (tertiary/aromatic N) is 1. The Morgan fingerprint density at radius 2 is 2.00 bits per heavy atom. The van der Waals surface area contributed by atoms with Crippen LogP contribution in [0.2, 0.25) is 0 Å². The van der Waals surface area contributed by atoms with Gasteiger partial charge in [-0.1, -0.05) is 0 Å². The molecule has 5 heteroatoms. The molecule has 5 nitrogen and oxygen atoms in total. The number of nitrogens with one attached hydrogen (secondary N) is 1. The molecule has 102 valence electrons. The highest BCUT2D eigenvalue weighted by atomic mass is 16.4. The fourth-order valence-corrected chi connectivity index (χ4v) is 2.45. The van der Waals surface area contributed by atoms with Gasteiger partial charge >= 0.3 is 5.97 Å². The predicted octanol–water partition coefficient (Wildman–Crippen LogP) is 0.842. The van der Waals surface area contributed by atoms with Gasteiger partial charge in [-0.15, -0.1) is 0 Å². The van der Waals surface area contributed by atoms with Crippen molar-refractivity contribution in [2.24, 2.45) is 5.92 Å². The monoisotopic (exact) mass is 254 g/mol. The van der Waals surface area contributed by atoms with E-state index in [1.54, 1.807) is 0 Å². The van der Waals surface area contributed by atoms with Crippen LogP contribution in [0.15, 0.2) is 0 Å². The molecule has 1 heterocycles. The lowest BCUT2D eigenvalue weighted by molar-refractivity contribution is -0.137. The van der Waals surface area contributed by atoms with Crippen LogP contribution in [-0.2, 0) is 9.59 Å². The number of aliphatic carboxylic acids is 1. The lowest BCUT2D eigenvalue weighted by atomic mass is 10.0. The first-order valence-corrected chi connectivity index (χ1v) is 6.88. The van der Waals surface area contributed by atoms with Crippen LogP contribution in [0.3, 0.4) is 0 Å². The fraction of sp³-hybridized carbons (Fsp3) is 0.846. The summed E-state index contributed by atoms with van der Waals surface area (Å²) in [6.45, 7) is 2.32. The number of amides is 1. The van der Waals surface area contributed by atoms with Crippen molar-refractivity contribution in [1.82, 2.24) is 10.2 Å². The molecule has 2 aliphatic rings. The first-order chi connectivity index (χ1) is 8.65. The smallest absolute Gasteiger partial charge is 0.303 e. The average molecular weight is 254 g/mol. The van der Waals surface area contributed by atoms with Crippen molar-refractivity contribution in [2.75, 3.05) is 19.6 Å². The standard InChI is InChI=1S/C13H22N2O3/c16-12(5-7-14-11-2-3-11)15-8-6-10(9-15)1-4-13(17)18/h10-11,14H,1-9H2,(H,17,18). The fourth-order valence-electron chi connectivity index (χ4n) is 2.45. The van der Waals surface area contributed by atoms with Gasteiger partial charge in [-0.25, -0.2) is 0 Å². The van der Waals surface area contributed by atoms with Crippen molar-refractivity contribution in [3.63, 3.8) is 0 Å². The number of carboxylic acids is 1. The number of hydrogen-bond donors (Lipinski definition) is 2. The lowest BCUT2D eigenvalue weighted by Crippen LogP contribution is -2.32. The number of rotatable bonds is 7. The third-order valence-electron chi connectivity index (χ3n) is 3.75. The summed E-state index contributed by atoms with van der Waals surface area (Å²) in [4.78, 5) is 24.3. The van der Waals surface area contributed by atoms with Crippen LogP contribution in [-0.4, -0.2) is 47.6 Å². The minimum Gasteiger partial charge on any atom is -0.481 e. The van der Waals surface area contributed by atoms with E-state index in [2.05, 4.69) is 5.32 Å². The SMILES string of the molecule is O=C(O)CCC1CCN(C(=O)CCNC2CC2)C1. The Balaban J connectivity index is 1.60. The van der Waals surface area contributed by atoms with E-state index in [-0.39, 0.29) is 12.3 Å². The Kier molecular flexibility index (Phi) is 4.58. The van der Waals surface area contributed by atoms with E-state index in [0.29, 0.717) is 24.8 Å². The van der Waals surface area contributed by atoms with E-state index in [9.17, 15) is 9.59 Å². The maximum absolute atomic E-state index is 11.9. The van der Waals surface area contributed by atoms with Crippen LogP contribution in [0.25, 0.3) is 0 Å². The highest BCUT2D eigenvalue weighted by Gasteiger charge is 2.26. The molecule has 2 rings (SSSR count). The summed E-state index contributed by atoms with van der Waals surface area (Å²) < 4.78 is 0. The quantitative estimate of drug-likeness (QED) is 0.706. The number of carboxylic acid groups (broad SMARTS) is 1. The zero-order chi connectivity index (χ0) is 13.0. The number of carbonyl (C=O) groups is 2. The second-order valence-corrected chi connectivity index (χ2v) is 5.41. The van der Waals surface area contributed by atoms with Gasteiger partial charge in [-0.2, -0.15) is 0 Å². The first kappa shape index (κ1) is 13.3. The largest absolute Gasteiger partial charge is 0.481 e. The Morgan fingerprint density at radius 3 is 2.67 bits per heavy atom. The highest BCUT2D eigenvalue weighted by Crippen LogP contribution is 2.22. The molecular weight excluding hydrogens is 232 g/mol.